The second-order valence-corrected chi connectivity index (χ2v) is 6.09. The van der Waals surface area contributed by atoms with E-state index in [9.17, 15) is 4.79 Å². The largest absolute Gasteiger partial charge is 0.342 e. The average molecular weight is 293 g/mol. The first-order valence-corrected chi connectivity index (χ1v) is 8.13. The predicted octanol–water partition coefficient (Wildman–Crippen LogP) is 4.47. The van der Waals surface area contributed by atoms with Crippen LogP contribution in [0.2, 0.25) is 0 Å². The first-order chi connectivity index (χ1) is 10.7. The van der Waals surface area contributed by atoms with E-state index in [-0.39, 0.29) is 11.8 Å². The Balaban J connectivity index is 1.97. The molecule has 2 aromatic carbocycles. The molecule has 1 amide bonds. The molecule has 1 aliphatic rings. The number of hydrogen-bond acceptors (Lipinski definition) is 1. The van der Waals surface area contributed by atoms with Crippen LogP contribution < -0.4 is 0 Å². The maximum atomic E-state index is 12.9. The van der Waals surface area contributed by atoms with Gasteiger partial charge in [-0.2, -0.15) is 0 Å². The first kappa shape index (κ1) is 14.8. The van der Waals surface area contributed by atoms with Crippen molar-refractivity contribution in [3.05, 3.63) is 60.2 Å². The van der Waals surface area contributed by atoms with Gasteiger partial charge in [0.2, 0.25) is 5.91 Å². The van der Waals surface area contributed by atoms with E-state index in [2.05, 4.69) is 31.2 Å². The summed E-state index contributed by atoms with van der Waals surface area (Å²) in [5.41, 5.74) is 3.50. The van der Waals surface area contributed by atoms with Crippen molar-refractivity contribution >= 4 is 5.91 Å². The summed E-state index contributed by atoms with van der Waals surface area (Å²) in [5.74, 6) is 0.204. The maximum Gasteiger partial charge on any atom is 0.230 e. The standard InChI is InChI=1S/C20H23NO/c1-3-17(20(22)21(2)16-13-14-16)19-12-8-7-11-18(19)15-9-5-4-6-10-15/h4-12,16-17H,3,13-14H2,1-2H3. The molecule has 1 aliphatic carbocycles. The van der Waals surface area contributed by atoms with E-state index in [4.69, 9.17) is 0 Å². The van der Waals surface area contributed by atoms with Gasteiger partial charge >= 0.3 is 0 Å². The van der Waals surface area contributed by atoms with E-state index < -0.39 is 0 Å². The lowest BCUT2D eigenvalue weighted by Gasteiger charge is -2.25. The topological polar surface area (TPSA) is 20.3 Å². The van der Waals surface area contributed by atoms with E-state index in [0.717, 1.165) is 24.8 Å². The number of amides is 1. The number of nitrogens with zero attached hydrogens (tertiary/aromatic N) is 1. The lowest BCUT2D eigenvalue weighted by molar-refractivity contribution is -0.132. The second kappa shape index (κ2) is 6.35. The summed E-state index contributed by atoms with van der Waals surface area (Å²) >= 11 is 0. The summed E-state index contributed by atoms with van der Waals surface area (Å²) in [7, 11) is 1.95. The Bertz CT molecular complexity index is 646. The average Bonchev–Trinajstić information content (AvgIpc) is 3.41. The molecule has 1 saturated carbocycles. The van der Waals surface area contributed by atoms with Crippen LogP contribution in [0.4, 0.5) is 0 Å². The lowest BCUT2D eigenvalue weighted by Crippen LogP contribution is -2.33. The van der Waals surface area contributed by atoms with Gasteiger partial charge in [-0.3, -0.25) is 4.79 Å². The molecular formula is C20H23NO. The fourth-order valence-corrected chi connectivity index (χ4v) is 3.10. The van der Waals surface area contributed by atoms with E-state index in [0.29, 0.717) is 6.04 Å². The fraction of sp³-hybridized carbons (Fsp3) is 0.350. The summed E-state index contributed by atoms with van der Waals surface area (Å²) in [4.78, 5) is 14.8. The molecule has 0 saturated heterocycles. The van der Waals surface area contributed by atoms with Gasteiger partial charge < -0.3 is 4.90 Å². The van der Waals surface area contributed by atoms with Crippen molar-refractivity contribution in [3.8, 4) is 11.1 Å². The number of likely N-dealkylation sites (N-methyl/N-ethyl adjacent to an activating group) is 1. The zero-order valence-corrected chi connectivity index (χ0v) is 13.3. The SMILES string of the molecule is CCC(C(=O)N(C)C1CC1)c1ccccc1-c1ccccc1. The molecule has 0 N–H and O–H groups in total. The van der Waals surface area contributed by atoms with Crippen molar-refractivity contribution in [2.24, 2.45) is 0 Å². The van der Waals surface area contributed by atoms with Gasteiger partial charge in [-0.05, 0) is 36.0 Å². The summed E-state index contributed by atoms with van der Waals surface area (Å²) in [6, 6.07) is 19.1. The number of benzene rings is 2. The Hall–Kier alpha value is -2.09. The Morgan fingerprint density at radius 3 is 2.36 bits per heavy atom. The highest BCUT2D eigenvalue weighted by Gasteiger charge is 2.33. The zero-order chi connectivity index (χ0) is 15.5. The van der Waals surface area contributed by atoms with Gasteiger partial charge in [0.05, 0.1) is 5.92 Å². The van der Waals surface area contributed by atoms with Crippen LogP contribution in [0.3, 0.4) is 0 Å². The molecule has 2 nitrogen and oxygen atoms in total. The molecule has 114 valence electrons. The third-order valence-corrected chi connectivity index (χ3v) is 4.57. The summed E-state index contributed by atoms with van der Waals surface area (Å²) in [6.07, 6.45) is 3.14. The van der Waals surface area contributed by atoms with E-state index in [1.54, 1.807) is 0 Å². The Morgan fingerprint density at radius 2 is 1.73 bits per heavy atom. The van der Waals surface area contributed by atoms with Crippen LogP contribution in [0.1, 0.15) is 37.7 Å². The highest BCUT2D eigenvalue weighted by atomic mass is 16.2. The van der Waals surface area contributed by atoms with Gasteiger partial charge in [-0.1, -0.05) is 61.5 Å². The molecule has 1 unspecified atom stereocenters. The van der Waals surface area contributed by atoms with Crippen LogP contribution in [-0.4, -0.2) is 23.9 Å². The molecule has 3 rings (SSSR count). The van der Waals surface area contributed by atoms with E-state index >= 15 is 0 Å². The molecule has 0 radical (unpaired) electrons. The van der Waals surface area contributed by atoms with Gasteiger partial charge in [-0.15, -0.1) is 0 Å². The number of carbonyl (C=O) groups excluding carboxylic acids is 1. The minimum atomic E-state index is -0.0537. The Morgan fingerprint density at radius 1 is 1.09 bits per heavy atom. The minimum Gasteiger partial charge on any atom is -0.342 e. The molecular weight excluding hydrogens is 270 g/mol. The third-order valence-electron chi connectivity index (χ3n) is 4.57. The summed E-state index contributed by atoms with van der Waals surface area (Å²) < 4.78 is 0. The smallest absolute Gasteiger partial charge is 0.230 e. The summed E-state index contributed by atoms with van der Waals surface area (Å²) in [6.45, 7) is 2.10. The van der Waals surface area contributed by atoms with Crippen molar-refractivity contribution < 1.29 is 4.79 Å². The van der Waals surface area contributed by atoms with Crippen LogP contribution in [0.15, 0.2) is 54.6 Å². The lowest BCUT2D eigenvalue weighted by atomic mass is 9.88. The van der Waals surface area contributed by atoms with Gasteiger partial charge in [-0.25, -0.2) is 0 Å². The van der Waals surface area contributed by atoms with Crippen LogP contribution in [0.25, 0.3) is 11.1 Å². The highest BCUT2D eigenvalue weighted by Crippen LogP contribution is 2.34. The van der Waals surface area contributed by atoms with Crippen LogP contribution in [0.5, 0.6) is 0 Å². The van der Waals surface area contributed by atoms with E-state index in [1.165, 1.54) is 11.1 Å². The van der Waals surface area contributed by atoms with Gasteiger partial charge in [0.15, 0.2) is 0 Å². The molecule has 0 aliphatic heterocycles. The van der Waals surface area contributed by atoms with Crippen LogP contribution in [-0.2, 0) is 4.79 Å². The molecule has 1 fully saturated rings. The normalized spacial score (nSPS) is 15.4. The van der Waals surface area contributed by atoms with Crippen molar-refractivity contribution in [2.45, 2.75) is 38.1 Å². The number of rotatable bonds is 5. The van der Waals surface area contributed by atoms with Crippen molar-refractivity contribution in [1.29, 1.82) is 0 Å². The second-order valence-electron chi connectivity index (χ2n) is 6.09. The molecule has 0 heterocycles. The first-order valence-electron chi connectivity index (χ1n) is 8.13. The van der Waals surface area contributed by atoms with Crippen LogP contribution in [0, 0.1) is 0 Å². The molecule has 2 aromatic rings. The van der Waals surface area contributed by atoms with Crippen molar-refractivity contribution in [3.63, 3.8) is 0 Å². The number of carbonyl (C=O) groups is 1. The zero-order valence-electron chi connectivity index (χ0n) is 13.3. The Kier molecular flexibility index (Phi) is 4.28. The monoisotopic (exact) mass is 293 g/mol. The highest BCUT2D eigenvalue weighted by molar-refractivity contribution is 5.87. The van der Waals surface area contributed by atoms with Gasteiger partial charge in [0.1, 0.15) is 0 Å². The fourth-order valence-electron chi connectivity index (χ4n) is 3.10. The predicted molar refractivity (Wildman–Crippen MR) is 90.7 cm³/mol. The maximum absolute atomic E-state index is 12.9. The molecule has 0 spiro atoms. The minimum absolute atomic E-state index is 0.0537. The molecule has 0 aromatic heterocycles. The van der Waals surface area contributed by atoms with Crippen molar-refractivity contribution in [1.82, 2.24) is 4.90 Å². The summed E-state index contributed by atoms with van der Waals surface area (Å²) in [5, 5.41) is 0. The quantitative estimate of drug-likeness (QED) is 0.796. The third kappa shape index (κ3) is 2.92. The molecule has 22 heavy (non-hydrogen) atoms. The Labute approximate surface area is 132 Å². The van der Waals surface area contributed by atoms with Gasteiger partial charge in [0, 0.05) is 13.1 Å². The van der Waals surface area contributed by atoms with Crippen molar-refractivity contribution in [2.75, 3.05) is 7.05 Å². The van der Waals surface area contributed by atoms with E-state index in [1.807, 2.05) is 42.3 Å². The molecule has 2 heteroatoms. The molecule has 1 atom stereocenters. The van der Waals surface area contributed by atoms with Crippen LogP contribution >= 0.6 is 0 Å². The molecule has 0 bridgehead atoms. The number of hydrogen-bond donors (Lipinski definition) is 0. The van der Waals surface area contributed by atoms with Gasteiger partial charge in [0.25, 0.3) is 0 Å².